The Kier molecular flexibility index (Phi) is 4.18. The highest BCUT2D eigenvalue weighted by molar-refractivity contribution is 5.60. The summed E-state index contributed by atoms with van der Waals surface area (Å²) in [6.07, 6.45) is 7.69. The zero-order valence-corrected chi connectivity index (χ0v) is 9.25. The molecule has 0 amide bonds. The highest BCUT2D eigenvalue weighted by Gasteiger charge is 1.99. The zero-order valence-electron chi connectivity index (χ0n) is 9.25. The molecule has 0 bridgehead atoms. The number of hydrogen-bond acceptors (Lipinski definition) is 0. The maximum Gasteiger partial charge on any atom is -0.00883 e. The molecule has 1 aromatic rings. The molecule has 0 spiro atoms. The molecule has 1 aromatic carbocycles. The standard InChI is InChI=1S/C12H12.C2H6/c1-10-5-4-8-11-6-2-3-7-12(11)9-10;1-2/h2-7,9H,8H2,1H3;1-2H3. The van der Waals surface area contributed by atoms with Crippen LogP contribution in [0.5, 0.6) is 0 Å². The summed E-state index contributed by atoms with van der Waals surface area (Å²) >= 11 is 0. The smallest absolute Gasteiger partial charge is 0.00883 e. The number of fused-ring (bicyclic) bond motifs is 1. The molecule has 0 nitrogen and oxygen atoms in total. The number of benzene rings is 1. The first-order chi connectivity index (χ1) is 6.86. The third kappa shape index (κ3) is 2.59. The van der Waals surface area contributed by atoms with Gasteiger partial charge in [-0.25, -0.2) is 0 Å². The summed E-state index contributed by atoms with van der Waals surface area (Å²) in [5.41, 5.74) is 4.12. The maximum absolute atomic E-state index is 2.23. The minimum atomic E-state index is 1.06. The normalized spacial score (nSPS) is 13.2. The first-order valence-electron chi connectivity index (χ1n) is 5.29. The van der Waals surface area contributed by atoms with Crippen molar-refractivity contribution in [1.29, 1.82) is 0 Å². The number of rotatable bonds is 0. The molecule has 1 aliphatic rings. The van der Waals surface area contributed by atoms with Crippen molar-refractivity contribution in [3.8, 4) is 0 Å². The molecule has 0 saturated carbocycles. The van der Waals surface area contributed by atoms with E-state index >= 15 is 0 Å². The van der Waals surface area contributed by atoms with Crippen LogP contribution in [0.25, 0.3) is 6.08 Å². The Morgan fingerprint density at radius 2 is 1.79 bits per heavy atom. The molecule has 0 saturated heterocycles. The Bertz CT molecular complexity index is 343. The monoisotopic (exact) mass is 186 g/mol. The van der Waals surface area contributed by atoms with E-state index in [1.54, 1.807) is 0 Å². The van der Waals surface area contributed by atoms with Crippen molar-refractivity contribution < 1.29 is 0 Å². The predicted octanol–water partition coefficient (Wildman–Crippen LogP) is 4.23. The van der Waals surface area contributed by atoms with Gasteiger partial charge < -0.3 is 0 Å². The molecule has 0 fully saturated rings. The predicted molar refractivity (Wildman–Crippen MR) is 64.3 cm³/mol. The molecule has 0 unspecified atom stereocenters. The molecule has 0 heterocycles. The van der Waals surface area contributed by atoms with Gasteiger partial charge in [-0.2, -0.15) is 0 Å². The fourth-order valence-corrected chi connectivity index (χ4v) is 1.53. The van der Waals surface area contributed by atoms with Crippen molar-refractivity contribution in [3.05, 3.63) is 53.1 Å². The largest absolute Gasteiger partial charge is 0.0798 e. The summed E-state index contributed by atoms with van der Waals surface area (Å²) in [5, 5.41) is 0. The summed E-state index contributed by atoms with van der Waals surface area (Å²) in [6, 6.07) is 8.55. The first-order valence-corrected chi connectivity index (χ1v) is 5.29. The van der Waals surface area contributed by atoms with Gasteiger partial charge in [-0.3, -0.25) is 0 Å². The molecule has 0 aliphatic heterocycles. The van der Waals surface area contributed by atoms with E-state index in [0.717, 1.165) is 6.42 Å². The lowest BCUT2D eigenvalue weighted by molar-refractivity contribution is 1.26. The van der Waals surface area contributed by atoms with Crippen molar-refractivity contribution in [2.24, 2.45) is 0 Å². The molecular weight excluding hydrogens is 168 g/mol. The minimum absolute atomic E-state index is 1.06. The number of hydrogen-bond donors (Lipinski definition) is 0. The molecular formula is C14H18. The van der Waals surface area contributed by atoms with Crippen molar-refractivity contribution in [3.63, 3.8) is 0 Å². The Balaban J connectivity index is 0.000000461. The lowest BCUT2D eigenvalue weighted by atomic mass is 10.1. The van der Waals surface area contributed by atoms with Crippen LogP contribution >= 0.6 is 0 Å². The molecule has 0 heteroatoms. The van der Waals surface area contributed by atoms with Crippen LogP contribution in [-0.2, 0) is 6.42 Å². The quantitative estimate of drug-likeness (QED) is 0.569. The summed E-state index contributed by atoms with van der Waals surface area (Å²) < 4.78 is 0. The van der Waals surface area contributed by atoms with E-state index in [1.165, 1.54) is 16.7 Å². The van der Waals surface area contributed by atoms with Crippen LogP contribution in [0.1, 0.15) is 31.9 Å². The van der Waals surface area contributed by atoms with Crippen LogP contribution < -0.4 is 0 Å². The number of allylic oxidation sites excluding steroid dienone is 3. The van der Waals surface area contributed by atoms with E-state index in [2.05, 4.69) is 49.4 Å². The van der Waals surface area contributed by atoms with Crippen LogP contribution in [0.2, 0.25) is 0 Å². The van der Waals surface area contributed by atoms with Gasteiger partial charge in [0.2, 0.25) is 0 Å². The van der Waals surface area contributed by atoms with Gasteiger partial charge in [0.15, 0.2) is 0 Å². The second-order valence-corrected chi connectivity index (χ2v) is 3.19. The van der Waals surface area contributed by atoms with Gasteiger partial charge in [-0.1, -0.05) is 61.9 Å². The Morgan fingerprint density at radius 3 is 2.57 bits per heavy atom. The Morgan fingerprint density at radius 1 is 1.07 bits per heavy atom. The molecule has 0 N–H and O–H groups in total. The molecule has 1 aliphatic carbocycles. The summed E-state index contributed by atoms with van der Waals surface area (Å²) in [6.45, 7) is 6.14. The lowest BCUT2D eigenvalue weighted by Crippen LogP contribution is -1.83. The first kappa shape index (κ1) is 10.8. The molecule has 2 rings (SSSR count). The fraction of sp³-hybridized carbons (Fsp3) is 0.286. The van der Waals surface area contributed by atoms with E-state index in [-0.39, 0.29) is 0 Å². The second-order valence-electron chi connectivity index (χ2n) is 3.19. The van der Waals surface area contributed by atoms with Crippen molar-refractivity contribution in [2.75, 3.05) is 0 Å². The van der Waals surface area contributed by atoms with E-state index in [9.17, 15) is 0 Å². The third-order valence-electron chi connectivity index (χ3n) is 2.16. The van der Waals surface area contributed by atoms with Crippen molar-refractivity contribution in [2.45, 2.75) is 27.2 Å². The summed E-state index contributed by atoms with van der Waals surface area (Å²) in [4.78, 5) is 0. The van der Waals surface area contributed by atoms with E-state index < -0.39 is 0 Å². The molecule has 14 heavy (non-hydrogen) atoms. The van der Waals surface area contributed by atoms with Gasteiger partial charge in [-0.05, 0) is 24.5 Å². The second kappa shape index (κ2) is 5.43. The maximum atomic E-state index is 2.23. The van der Waals surface area contributed by atoms with Crippen LogP contribution in [-0.4, -0.2) is 0 Å². The fourth-order valence-electron chi connectivity index (χ4n) is 1.53. The average molecular weight is 186 g/mol. The summed E-state index contributed by atoms with van der Waals surface area (Å²) in [7, 11) is 0. The van der Waals surface area contributed by atoms with E-state index in [0.29, 0.717) is 0 Å². The average Bonchev–Trinajstić information content (AvgIpc) is 2.41. The minimum Gasteiger partial charge on any atom is -0.0798 e. The van der Waals surface area contributed by atoms with Gasteiger partial charge in [-0.15, -0.1) is 0 Å². The third-order valence-corrected chi connectivity index (χ3v) is 2.16. The zero-order chi connectivity index (χ0) is 10.4. The molecule has 0 aromatic heterocycles. The van der Waals surface area contributed by atoms with Gasteiger partial charge in [0.1, 0.15) is 0 Å². The summed E-state index contributed by atoms with van der Waals surface area (Å²) in [5.74, 6) is 0. The molecule has 74 valence electrons. The van der Waals surface area contributed by atoms with Crippen molar-refractivity contribution in [1.82, 2.24) is 0 Å². The van der Waals surface area contributed by atoms with Gasteiger partial charge in [0.05, 0.1) is 0 Å². The van der Waals surface area contributed by atoms with Gasteiger partial charge in [0, 0.05) is 0 Å². The van der Waals surface area contributed by atoms with E-state index in [4.69, 9.17) is 0 Å². The van der Waals surface area contributed by atoms with Crippen LogP contribution in [0.15, 0.2) is 42.0 Å². The molecule has 0 atom stereocenters. The van der Waals surface area contributed by atoms with Crippen LogP contribution in [0, 0.1) is 0 Å². The highest BCUT2D eigenvalue weighted by Crippen LogP contribution is 2.17. The van der Waals surface area contributed by atoms with Gasteiger partial charge >= 0.3 is 0 Å². The van der Waals surface area contributed by atoms with Crippen LogP contribution in [0.3, 0.4) is 0 Å². The molecule has 0 radical (unpaired) electrons. The van der Waals surface area contributed by atoms with Crippen LogP contribution in [0.4, 0.5) is 0 Å². The Labute approximate surface area is 87.0 Å². The van der Waals surface area contributed by atoms with Crippen molar-refractivity contribution >= 4 is 6.08 Å². The SMILES string of the molecule is CC.CC1=Cc2ccccc2CC=C1. The van der Waals surface area contributed by atoms with E-state index in [1.807, 2.05) is 13.8 Å². The lowest BCUT2D eigenvalue weighted by Gasteiger charge is -2.00. The Hall–Kier alpha value is -1.30. The topological polar surface area (TPSA) is 0 Å². The highest BCUT2D eigenvalue weighted by atomic mass is 14.0. The van der Waals surface area contributed by atoms with Gasteiger partial charge in [0.25, 0.3) is 0 Å².